The van der Waals surface area contributed by atoms with Crippen molar-refractivity contribution in [2.24, 2.45) is 0 Å². The van der Waals surface area contributed by atoms with E-state index in [0.717, 1.165) is 5.52 Å². The van der Waals surface area contributed by atoms with Gasteiger partial charge in [-0.05, 0) is 32.4 Å². The molecule has 0 aliphatic rings. The largest absolute Gasteiger partial charge is 0.390 e. The smallest absolute Gasteiger partial charge is 0.327 e. The van der Waals surface area contributed by atoms with Crippen LogP contribution in [0, 0.1) is 0 Å². The summed E-state index contributed by atoms with van der Waals surface area (Å²) in [6.45, 7) is 3.90. The number of hydrogen-bond acceptors (Lipinski definition) is 3. The summed E-state index contributed by atoms with van der Waals surface area (Å²) in [6, 6.07) is 3.59. The predicted octanol–water partition coefficient (Wildman–Crippen LogP) is 0.886. The standard InChI is InChI=1S/C11H15N3O2/c1-11(2,16)5-7-14-9-8(13-10(14)15)4-3-6-12-9/h3-4,6,16H,5,7H2,1-2H3,(H,13,15). The number of hydrogen-bond donors (Lipinski definition) is 2. The van der Waals surface area contributed by atoms with Gasteiger partial charge in [0.1, 0.15) is 0 Å². The molecule has 0 unspecified atom stereocenters. The van der Waals surface area contributed by atoms with Gasteiger partial charge in [-0.2, -0.15) is 0 Å². The second-order valence-corrected chi connectivity index (χ2v) is 4.52. The van der Waals surface area contributed by atoms with Crippen LogP contribution < -0.4 is 5.69 Å². The summed E-state index contributed by atoms with van der Waals surface area (Å²) in [4.78, 5) is 18.5. The molecule has 0 bridgehead atoms. The van der Waals surface area contributed by atoms with E-state index in [4.69, 9.17) is 0 Å². The molecule has 2 N–H and O–H groups in total. The first-order valence-electron chi connectivity index (χ1n) is 5.23. The number of aromatic amines is 1. The summed E-state index contributed by atoms with van der Waals surface area (Å²) in [5.41, 5.74) is 0.399. The Kier molecular flexibility index (Phi) is 2.55. The fourth-order valence-electron chi connectivity index (χ4n) is 1.58. The highest BCUT2D eigenvalue weighted by molar-refractivity contribution is 5.69. The summed E-state index contributed by atoms with van der Waals surface area (Å²) >= 11 is 0. The molecule has 0 amide bonds. The van der Waals surface area contributed by atoms with Crippen molar-refractivity contribution in [1.29, 1.82) is 0 Å². The van der Waals surface area contributed by atoms with Crippen LogP contribution >= 0.6 is 0 Å². The van der Waals surface area contributed by atoms with Crippen molar-refractivity contribution in [2.75, 3.05) is 0 Å². The average Bonchev–Trinajstić information content (AvgIpc) is 2.49. The summed E-state index contributed by atoms with van der Waals surface area (Å²) in [5, 5.41) is 9.63. The number of H-pyrrole nitrogens is 1. The minimum Gasteiger partial charge on any atom is -0.390 e. The topological polar surface area (TPSA) is 70.9 Å². The molecule has 5 heteroatoms. The molecule has 0 fully saturated rings. The van der Waals surface area contributed by atoms with E-state index in [1.165, 1.54) is 0 Å². The van der Waals surface area contributed by atoms with Crippen LogP contribution in [0.4, 0.5) is 0 Å². The van der Waals surface area contributed by atoms with Gasteiger partial charge >= 0.3 is 5.69 Å². The molecule has 2 rings (SSSR count). The van der Waals surface area contributed by atoms with Crippen LogP contribution in [0.15, 0.2) is 23.1 Å². The average molecular weight is 221 g/mol. The zero-order valence-corrected chi connectivity index (χ0v) is 9.40. The summed E-state index contributed by atoms with van der Waals surface area (Å²) in [7, 11) is 0. The zero-order valence-electron chi connectivity index (χ0n) is 9.40. The van der Waals surface area contributed by atoms with Gasteiger partial charge in [0.2, 0.25) is 0 Å². The molecule has 0 radical (unpaired) electrons. The number of nitrogens with one attached hydrogen (secondary N) is 1. The highest BCUT2D eigenvalue weighted by atomic mass is 16.3. The van der Waals surface area contributed by atoms with Gasteiger partial charge in [-0.25, -0.2) is 9.78 Å². The molecule has 0 saturated heterocycles. The van der Waals surface area contributed by atoms with Gasteiger partial charge in [-0.3, -0.25) is 4.57 Å². The first kappa shape index (κ1) is 10.9. The first-order chi connectivity index (χ1) is 7.47. The lowest BCUT2D eigenvalue weighted by molar-refractivity contribution is 0.0662. The minimum absolute atomic E-state index is 0.182. The van der Waals surface area contributed by atoms with Crippen LogP contribution in [0.5, 0.6) is 0 Å². The Morgan fingerprint density at radius 1 is 1.56 bits per heavy atom. The van der Waals surface area contributed by atoms with Gasteiger partial charge in [-0.1, -0.05) is 0 Å². The molecule has 0 aliphatic heterocycles. The van der Waals surface area contributed by atoms with Gasteiger partial charge in [-0.15, -0.1) is 0 Å². The SMILES string of the molecule is CC(C)(O)CCn1c(=O)[nH]c2cccnc21. The Hall–Kier alpha value is -1.62. The Labute approximate surface area is 92.8 Å². The lowest BCUT2D eigenvalue weighted by Gasteiger charge is -2.16. The van der Waals surface area contributed by atoms with Gasteiger partial charge in [0.05, 0.1) is 11.1 Å². The Balaban J connectivity index is 2.37. The van der Waals surface area contributed by atoms with Crippen LogP contribution in [0.25, 0.3) is 11.2 Å². The van der Waals surface area contributed by atoms with Crippen LogP contribution in [-0.2, 0) is 6.54 Å². The molecule has 0 spiro atoms. The van der Waals surface area contributed by atoms with Crippen molar-refractivity contribution >= 4 is 11.2 Å². The van der Waals surface area contributed by atoms with Crippen LogP contribution in [0.3, 0.4) is 0 Å². The van der Waals surface area contributed by atoms with E-state index in [1.807, 2.05) is 6.07 Å². The Bertz CT molecular complexity index is 548. The number of pyridine rings is 1. The third kappa shape index (κ3) is 2.14. The summed E-state index contributed by atoms with van der Waals surface area (Å²) in [6.07, 6.45) is 2.16. The molecule has 0 atom stereocenters. The van der Waals surface area contributed by atoms with Gasteiger partial charge in [0.15, 0.2) is 5.65 Å². The molecule has 86 valence electrons. The predicted molar refractivity (Wildman–Crippen MR) is 61.3 cm³/mol. The Morgan fingerprint density at radius 2 is 2.31 bits per heavy atom. The van der Waals surface area contributed by atoms with Crippen molar-refractivity contribution in [2.45, 2.75) is 32.4 Å². The van der Waals surface area contributed by atoms with Crippen molar-refractivity contribution in [3.63, 3.8) is 0 Å². The van der Waals surface area contributed by atoms with Gasteiger partial charge in [0, 0.05) is 12.7 Å². The van der Waals surface area contributed by atoms with E-state index >= 15 is 0 Å². The fourth-order valence-corrected chi connectivity index (χ4v) is 1.58. The van der Waals surface area contributed by atoms with Crippen molar-refractivity contribution in [3.05, 3.63) is 28.8 Å². The molecular weight excluding hydrogens is 206 g/mol. The molecule has 0 aromatic carbocycles. The second-order valence-electron chi connectivity index (χ2n) is 4.52. The first-order valence-corrected chi connectivity index (χ1v) is 5.23. The van der Waals surface area contributed by atoms with Crippen LogP contribution in [0.2, 0.25) is 0 Å². The third-order valence-electron chi connectivity index (χ3n) is 2.48. The second kappa shape index (κ2) is 3.75. The highest BCUT2D eigenvalue weighted by Crippen LogP contribution is 2.11. The highest BCUT2D eigenvalue weighted by Gasteiger charge is 2.14. The van der Waals surface area contributed by atoms with Crippen molar-refractivity contribution in [3.8, 4) is 0 Å². The molecule has 16 heavy (non-hydrogen) atoms. The molecule has 2 heterocycles. The van der Waals surface area contributed by atoms with E-state index in [2.05, 4.69) is 9.97 Å². The third-order valence-corrected chi connectivity index (χ3v) is 2.48. The van der Waals surface area contributed by atoms with Crippen molar-refractivity contribution < 1.29 is 5.11 Å². The van der Waals surface area contributed by atoms with E-state index < -0.39 is 5.60 Å². The van der Waals surface area contributed by atoms with Gasteiger partial charge in [0.25, 0.3) is 0 Å². The van der Waals surface area contributed by atoms with Gasteiger partial charge < -0.3 is 10.1 Å². The molecule has 2 aromatic rings. The van der Waals surface area contributed by atoms with E-state index in [0.29, 0.717) is 18.6 Å². The molecule has 0 saturated carbocycles. The summed E-state index contributed by atoms with van der Waals surface area (Å²) < 4.78 is 1.55. The quantitative estimate of drug-likeness (QED) is 0.808. The monoisotopic (exact) mass is 221 g/mol. The number of rotatable bonds is 3. The lowest BCUT2D eigenvalue weighted by atomic mass is 10.1. The summed E-state index contributed by atoms with van der Waals surface area (Å²) in [5.74, 6) is 0. The molecule has 5 nitrogen and oxygen atoms in total. The zero-order chi connectivity index (χ0) is 11.8. The van der Waals surface area contributed by atoms with Crippen molar-refractivity contribution in [1.82, 2.24) is 14.5 Å². The Morgan fingerprint density at radius 3 is 3.00 bits per heavy atom. The fraction of sp³-hybridized carbons (Fsp3) is 0.455. The normalized spacial score (nSPS) is 12.2. The number of aliphatic hydroxyl groups is 1. The molecular formula is C11H15N3O2. The molecule has 2 aromatic heterocycles. The number of imidazole rings is 1. The van der Waals surface area contributed by atoms with E-state index in [9.17, 15) is 9.90 Å². The molecule has 0 aliphatic carbocycles. The number of aromatic nitrogens is 3. The number of nitrogens with zero attached hydrogens (tertiary/aromatic N) is 2. The number of aryl methyl sites for hydroxylation is 1. The maximum Gasteiger partial charge on any atom is 0.327 e. The lowest BCUT2D eigenvalue weighted by Crippen LogP contribution is -2.25. The maximum atomic E-state index is 11.6. The van der Waals surface area contributed by atoms with Crippen LogP contribution in [0.1, 0.15) is 20.3 Å². The van der Waals surface area contributed by atoms with Crippen LogP contribution in [-0.4, -0.2) is 25.2 Å². The van der Waals surface area contributed by atoms with E-state index in [-0.39, 0.29) is 5.69 Å². The number of fused-ring (bicyclic) bond motifs is 1. The maximum absolute atomic E-state index is 11.6. The van der Waals surface area contributed by atoms with E-state index in [1.54, 1.807) is 30.7 Å². The minimum atomic E-state index is -0.780.